The molecule has 0 radical (unpaired) electrons. The van der Waals surface area contributed by atoms with E-state index in [0.717, 1.165) is 55.5 Å². The number of benzene rings is 8. The summed E-state index contributed by atoms with van der Waals surface area (Å²) in [6, 6.07) is 64.4. The maximum Gasteiger partial charge on any atom is 0.161 e. The summed E-state index contributed by atoms with van der Waals surface area (Å²) in [4.78, 5) is 10.8. The van der Waals surface area contributed by atoms with Crippen molar-refractivity contribution in [2.45, 2.75) is 0 Å². The molecule has 0 aliphatic carbocycles. The lowest BCUT2D eigenvalue weighted by molar-refractivity contribution is 1.19. The summed E-state index contributed by atoms with van der Waals surface area (Å²) in [7, 11) is 0. The third-order valence-corrected chi connectivity index (χ3v) is 9.27. The lowest BCUT2D eigenvalue weighted by Gasteiger charge is -2.16. The lowest BCUT2D eigenvalue weighted by atomic mass is 9.92. The van der Waals surface area contributed by atoms with Crippen molar-refractivity contribution in [2.24, 2.45) is 0 Å². The monoisotopic (exact) mass is 610 g/mol. The molecule has 2 heteroatoms. The van der Waals surface area contributed by atoms with Crippen LogP contribution in [0.15, 0.2) is 182 Å². The fourth-order valence-corrected chi connectivity index (χ4v) is 6.97. The number of nitrogens with zero attached hydrogens (tertiary/aromatic N) is 2. The maximum absolute atomic E-state index is 5.44. The first-order valence-corrected chi connectivity index (χ1v) is 16.3. The Morgan fingerprint density at radius 3 is 1.71 bits per heavy atom. The molecule has 0 saturated heterocycles. The van der Waals surface area contributed by atoms with Crippen LogP contribution in [0.2, 0.25) is 0 Å². The van der Waals surface area contributed by atoms with E-state index < -0.39 is 0 Å². The van der Waals surface area contributed by atoms with Crippen molar-refractivity contribution >= 4 is 32.3 Å². The second-order valence-corrected chi connectivity index (χ2v) is 12.2. The summed E-state index contributed by atoms with van der Waals surface area (Å²) in [6.45, 7) is 0. The van der Waals surface area contributed by atoms with Crippen molar-refractivity contribution in [3.8, 4) is 56.2 Å². The lowest BCUT2D eigenvalue weighted by Crippen LogP contribution is -1.99. The standard InChI is InChI=1S/C46H30N2/c1-3-14-31(15-4-1)34-20-13-21-36(28-34)43-30-44(40-25-12-11-22-37(40)32-16-5-2-6-17-32)48-46(47-43)45-39-24-10-8-19-35(39)29-42-38-23-9-7-18-33(38)26-27-41(42)45/h1-30H. The summed E-state index contributed by atoms with van der Waals surface area (Å²) >= 11 is 0. The van der Waals surface area contributed by atoms with E-state index in [1.807, 2.05) is 0 Å². The van der Waals surface area contributed by atoms with E-state index in [9.17, 15) is 0 Å². The minimum Gasteiger partial charge on any atom is -0.228 e. The highest BCUT2D eigenvalue weighted by Crippen LogP contribution is 2.41. The Hall–Kier alpha value is -6.38. The Bertz CT molecular complexity index is 2610. The molecular formula is C46H30N2. The van der Waals surface area contributed by atoms with E-state index in [1.54, 1.807) is 0 Å². The van der Waals surface area contributed by atoms with Gasteiger partial charge in [-0.05, 0) is 72.8 Å². The van der Waals surface area contributed by atoms with Gasteiger partial charge in [0, 0.05) is 16.7 Å². The van der Waals surface area contributed by atoms with Gasteiger partial charge in [-0.25, -0.2) is 9.97 Å². The molecule has 1 heterocycles. The zero-order valence-electron chi connectivity index (χ0n) is 26.2. The third kappa shape index (κ3) is 4.92. The summed E-state index contributed by atoms with van der Waals surface area (Å²) in [6.07, 6.45) is 0. The quantitative estimate of drug-likeness (QED) is 0.143. The molecule has 0 saturated carbocycles. The highest BCUT2D eigenvalue weighted by atomic mass is 14.9. The normalized spacial score (nSPS) is 11.3. The van der Waals surface area contributed by atoms with E-state index >= 15 is 0 Å². The molecule has 0 unspecified atom stereocenters. The third-order valence-electron chi connectivity index (χ3n) is 9.27. The van der Waals surface area contributed by atoms with Gasteiger partial charge in [-0.3, -0.25) is 0 Å². The van der Waals surface area contributed by atoms with Gasteiger partial charge in [0.1, 0.15) is 0 Å². The predicted molar refractivity (Wildman–Crippen MR) is 202 cm³/mol. The van der Waals surface area contributed by atoms with Gasteiger partial charge in [0.05, 0.1) is 11.4 Å². The molecule has 0 bridgehead atoms. The van der Waals surface area contributed by atoms with Crippen LogP contribution in [0, 0.1) is 0 Å². The molecule has 0 amide bonds. The fourth-order valence-electron chi connectivity index (χ4n) is 6.97. The average molecular weight is 611 g/mol. The fraction of sp³-hybridized carbons (Fsp3) is 0. The molecule has 1 aromatic heterocycles. The van der Waals surface area contributed by atoms with Gasteiger partial charge >= 0.3 is 0 Å². The van der Waals surface area contributed by atoms with Crippen molar-refractivity contribution in [2.75, 3.05) is 0 Å². The molecule has 9 rings (SSSR count). The summed E-state index contributed by atoms with van der Waals surface area (Å²) < 4.78 is 0. The molecule has 0 spiro atoms. The van der Waals surface area contributed by atoms with Crippen LogP contribution in [-0.2, 0) is 0 Å². The summed E-state index contributed by atoms with van der Waals surface area (Å²) in [5, 5.41) is 7.10. The Kier molecular flexibility index (Phi) is 6.84. The molecule has 0 atom stereocenters. The van der Waals surface area contributed by atoms with Gasteiger partial charge < -0.3 is 0 Å². The number of fused-ring (bicyclic) bond motifs is 4. The largest absolute Gasteiger partial charge is 0.228 e. The summed E-state index contributed by atoms with van der Waals surface area (Å²) in [5.41, 5.74) is 9.57. The van der Waals surface area contributed by atoms with Crippen molar-refractivity contribution in [1.82, 2.24) is 9.97 Å². The highest BCUT2D eigenvalue weighted by Gasteiger charge is 2.19. The zero-order valence-corrected chi connectivity index (χ0v) is 26.2. The first-order valence-electron chi connectivity index (χ1n) is 16.3. The minimum atomic E-state index is 0.715. The van der Waals surface area contributed by atoms with Crippen LogP contribution < -0.4 is 0 Å². The first kappa shape index (κ1) is 27.9. The van der Waals surface area contributed by atoms with Crippen molar-refractivity contribution in [3.05, 3.63) is 182 Å². The van der Waals surface area contributed by atoms with Crippen molar-refractivity contribution < 1.29 is 0 Å². The van der Waals surface area contributed by atoms with Crippen LogP contribution in [0.4, 0.5) is 0 Å². The molecule has 0 aliphatic heterocycles. The van der Waals surface area contributed by atoms with Gasteiger partial charge in [0.25, 0.3) is 0 Å². The van der Waals surface area contributed by atoms with E-state index in [1.165, 1.54) is 27.1 Å². The van der Waals surface area contributed by atoms with E-state index in [0.29, 0.717) is 5.82 Å². The van der Waals surface area contributed by atoms with Crippen molar-refractivity contribution in [3.63, 3.8) is 0 Å². The second kappa shape index (κ2) is 11.8. The molecule has 9 aromatic rings. The topological polar surface area (TPSA) is 25.8 Å². The molecule has 8 aromatic carbocycles. The first-order chi connectivity index (χ1) is 23.8. The number of rotatable bonds is 5. The smallest absolute Gasteiger partial charge is 0.161 e. The molecule has 224 valence electrons. The van der Waals surface area contributed by atoms with Crippen LogP contribution in [0.25, 0.3) is 88.5 Å². The van der Waals surface area contributed by atoms with Crippen LogP contribution in [0.5, 0.6) is 0 Å². The molecule has 0 fully saturated rings. The van der Waals surface area contributed by atoms with Gasteiger partial charge in [-0.1, -0.05) is 164 Å². The van der Waals surface area contributed by atoms with Crippen LogP contribution in [0.1, 0.15) is 0 Å². The Balaban J connectivity index is 1.36. The highest BCUT2D eigenvalue weighted by molar-refractivity contribution is 6.19. The Morgan fingerprint density at radius 1 is 0.292 bits per heavy atom. The molecule has 2 nitrogen and oxygen atoms in total. The van der Waals surface area contributed by atoms with Gasteiger partial charge in [0.15, 0.2) is 5.82 Å². The average Bonchev–Trinajstić information content (AvgIpc) is 3.17. The SMILES string of the molecule is c1ccc(-c2cccc(-c3cc(-c4ccccc4-c4ccccc4)nc(-c4c5ccccc5cc5c4ccc4ccccc45)n3)c2)cc1. The van der Waals surface area contributed by atoms with E-state index in [-0.39, 0.29) is 0 Å². The minimum absolute atomic E-state index is 0.715. The number of aromatic nitrogens is 2. The van der Waals surface area contributed by atoms with Crippen LogP contribution >= 0.6 is 0 Å². The van der Waals surface area contributed by atoms with Gasteiger partial charge in [-0.15, -0.1) is 0 Å². The van der Waals surface area contributed by atoms with Gasteiger partial charge in [-0.2, -0.15) is 0 Å². The summed E-state index contributed by atoms with van der Waals surface area (Å²) in [5.74, 6) is 0.715. The molecular weight excluding hydrogens is 581 g/mol. The van der Waals surface area contributed by atoms with E-state index in [4.69, 9.17) is 9.97 Å². The van der Waals surface area contributed by atoms with Crippen LogP contribution in [-0.4, -0.2) is 9.97 Å². The zero-order chi connectivity index (χ0) is 31.9. The predicted octanol–water partition coefficient (Wildman–Crippen LogP) is 12.3. The van der Waals surface area contributed by atoms with Crippen molar-refractivity contribution in [1.29, 1.82) is 0 Å². The molecule has 0 aliphatic rings. The molecule has 48 heavy (non-hydrogen) atoms. The second-order valence-electron chi connectivity index (χ2n) is 12.2. The number of hydrogen-bond donors (Lipinski definition) is 0. The Labute approximate surface area is 279 Å². The Morgan fingerprint density at radius 2 is 0.896 bits per heavy atom. The number of hydrogen-bond acceptors (Lipinski definition) is 2. The van der Waals surface area contributed by atoms with Crippen LogP contribution in [0.3, 0.4) is 0 Å². The van der Waals surface area contributed by atoms with Gasteiger partial charge in [0.2, 0.25) is 0 Å². The molecule has 0 N–H and O–H groups in total. The maximum atomic E-state index is 5.44. The van der Waals surface area contributed by atoms with E-state index in [2.05, 4.69) is 182 Å².